The smallest absolute Gasteiger partial charge is 0.156 e. The van der Waals surface area contributed by atoms with Crippen LogP contribution < -0.4 is 5.32 Å². The molecule has 0 radical (unpaired) electrons. The fraction of sp³-hybridized carbons (Fsp3) is 0.400. The molecule has 21 heavy (non-hydrogen) atoms. The van der Waals surface area contributed by atoms with Crippen molar-refractivity contribution in [2.75, 3.05) is 6.61 Å². The molecule has 2 N–H and O–H groups in total. The maximum absolute atomic E-state index is 8.83. The third-order valence-electron chi connectivity index (χ3n) is 2.98. The highest BCUT2D eigenvalue weighted by molar-refractivity contribution is 8.01. The Bertz CT molecular complexity index is 548. The Balaban J connectivity index is 1.90. The van der Waals surface area contributed by atoms with Crippen LogP contribution in [0, 0.1) is 0 Å². The average Bonchev–Trinajstić information content (AvgIpc) is 2.83. The summed E-state index contributed by atoms with van der Waals surface area (Å²) in [6.45, 7) is 3.08. The second-order valence-electron chi connectivity index (χ2n) is 4.76. The van der Waals surface area contributed by atoms with Crippen LogP contribution in [0.2, 0.25) is 5.15 Å². The van der Waals surface area contributed by atoms with Crippen molar-refractivity contribution in [2.45, 2.75) is 41.6 Å². The van der Waals surface area contributed by atoms with E-state index >= 15 is 0 Å². The number of rotatable bonds is 8. The summed E-state index contributed by atoms with van der Waals surface area (Å²) >= 11 is 9.47. The molecule has 1 atom stereocenters. The number of halogens is 1. The van der Waals surface area contributed by atoms with Gasteiger partial charge in [0, 0.05) is 24.1 Å². The van der Waals surface area contributed by atoms with Crippen LogP contribution in [0.15, 0.2) is 39.6 Å². The van der Waals surface area contributed by atoms with Gasteiger partial charge in [0.1, 0.15) is 5.15 Å². The van der Waals surface area contributed by atoms with E-state index in [1.165, 1.54) is 4.90 Å². The van der Waals surface area contributed by atoms with Crippen molar-refractivity contribution in [3.63, 3.8) is 0 Å². The van der Waals surface area contributed by atoms with Gasteiger partial charge >= 0.3 is 0 Å². The Kier molecular flexibility index (Phi) is 6.99. The number of aromatic nitrogens is 1. The maximum Gasteiger partial charge on any atom is 0.156 e. The summed E-state index contributed by atoms with van der Waals surface area (Å²) in [4.78, 5) is 6.64. The fourth-order valence-electron chi connectivity index (χ4n) is 1.82. The predicted octanol–water partition coefficient (Wildman–Crippen LogP) is 4.20. The average molecular weight is 343 g/mol. The van der Waals surface area contributed by atoms with Gasteiger partial charge in [-0.05, 0) is 31.9 Å². The molecule has 0 saturated heterocycles. The lowest BCUT2D eigenvalue weighted by atomic mass is 10.2. The number of thiazole rings is 1. The van der Waals surface area contributed by atoms with E-state index in [1.807, 2.05) is 18.2 Å². The van der Waals surface area contributed by atoms with Crippen molar-refractivity contribution >= 4 is 34.7 Å². The van der Waals surface area contributed by atoms with Crippen LogP contribution in [-0.2, 0) is 6.54 Å². The molecule has 1 aromatic heterocycles. The molecule has 1 aromatic carbocycles. The van der Waals surface area contributed by atoms with Gasteiger partial charge in [0.2, 0.25) is 0 Å². The van der Waals surface area contributed by atoms with Gasteiger partial charge in [-0.1, -0.05) is 41.6 Å². The first-order valence-corrected chi connectivity index (χ1v) is 8.92. The normalized spacial score (nSPS) is 12.5. The van der Waals surface area contributed by atoms with Crippen LogP contribution in [0.4, 0.5) is 0 Å². The van der Waals surface area contributed by atoms with Crippen LogP contribution in [0.1, 0.15) is 24.6 Å². The van der Waals surface area contributed by atoms with Crippen molar-refractivity contribution in [3.05, 3.63) is 40.4 Å². The molecule has 0 saturated carbocycles. The number of hydrogen-bond donors (Lipinski definition) is 2. The molecule has 0 amide bonds. The lowest BCUT2D eigenvalue weighted by molar-refractivity contribution is 0.276. The minimum Gasteiger partial charge on any atom is -0.396 e. The number of nitrogens with one attached hydrogen (secondary N) is 1. The first-order chi connectivity index (χ1) is 10.2. The highest BCUT2D eigenvalue weighted by atomic mass is 35.5. The largest absolute Gasteiger partial charge is 0.396 e. The molecule has 2 rings (SSSR count). The summed E-state index contributed by atoms with van der Waals surface area (Å²) in [6, 6.07) is 10.5. The van der Waals surface area contributed by atoms with Crippen molar-refractivity contribution in [1.82, 2.24) is 10.3 Å². The topological polar surface area (TPSA) is 45.1 Å². The van der Waals surface area contributed by atoms with Crippen LogP contribution in [0.5, 0.6) is 0 Å². The number of hydrogen-bond acceptors (Lipinski definition) is 5. The molecule has 0 spiro atoms. The lowest BCUT2D eigenvalue weighted by Gasteiger charge is -2.11. The number of aliphatic hydroxyl groups is 1. The molecule has 0 aliphatic carbocycles. The van der Waals surface area contributed by atoms with Gasteiger partial charge in [-0.3, -0.25) is 0 Å². The van der Waals surface area contributed by atoms with E-state index in [0.29, 0.717) is 11.2 Å². The first-order valence-electron chi connectivity index (χ1n) is 6.91. The highest BCUT2D eigenvalue weighted by Crippen LogP contribution is 2.34. The van der Waals surface area contributed by atoms with E-state index in [9.17, 15) is 0 Å². The minimum atomic E-state index is 0.241. The summed E-state index contributed by atoms with van der Waals surface area (Å²) in [7, 11) is 0. The Morgan fingerprint density at radius 2 is 2.14 bits per heavy atom. The molecule has 0 aliphatic heterocycles. The quantitative estimate of drug-likeness (QED) is 0.754. The fourth-order valence-corrected chi connectivity index (χ4v) is 4.21. The number of aliphatic hydroxyl groups excluding tert-OH is 1. The van der Waals surface area contributed by atoms with Crippen molar-refractivity contribution in [1.29, 1.82) is 0 Å². The molecule has 1 heterocycles. The molecular formula is C15H19ClN2OS2. The Labute approximate surface area is 138 Å². The number of benzene rings is 1. The lowest BCUT2D eigenvalue weighted by Crippen LogP contribution is -2.25. The second kappa shape index (κ2) is 8.76. The summed E-state index contributed by atoms with van der Waals surface area (Å²) in [5.74, 6) is 0. The van der Waals surface area contributed by atoms with E-state index in [2.05, 4.69) is 29.4 Å². The zero-order chi connectivity index (χ0) is 15.1. The molecule has 0 fully saturated rings. The van der Waals surface area contributed by atoms with Gasteiger partial charge in [0.05, 0.1) is 4.88 Å². The van der Waals surface area contributed by atoms with Crippen molar-refractivity contribution < 1.29 is 5.11 Å². The van der Waals surface area contributed by atoms with Gasteiger partial charge in [-0.15, -0.1) is 11.3 Å². The molecule has 114 valence electrons. The van der Waals surface area contributed by atoms with E-state index in [-0.39, 0.29) is 6.61 Å². The summed E-state index contributed by atoms with van der Waals surface area (Å²) in [6.07, 6.45) is 1.78. The molecule has 3 nitrogen and oxygen atoms in total. The zero-order valence-corrected chi connectivity index (χ0v) is 14.3. The first kappa shape index (κ1) is 16.8. The standard InChI is InChI=1S/C15H19ClN2OS2/c1-11(6-5-9-19)17-10-13-14(16)18-15(21-13)20-12-7-3-2-4-8-12/h2-4,7-8,11,17,19H,5-6,9-10H2,1H3. The Hall–Kier alpha value is -0.590. The molecule has 2 aromatic rings. The van der Waals surface area contributed by atoms with Gasteiger partial charge in [-0.25, -0.2) is 4.98 Å². The summed E-state index contributed by atoms with van der Waals surface area (Å²) < 4.78 is 0.964. The molecule has 6 heteroatoms. The minimum absolute atomic E-state index is 0.241. The van der Waals surface area contributed by atoms with Gasteiger partial charge in [-0.2, -0.15) is 0 Å². The second-order valence-corrected chi connectivity index (χ2v) is 7.52. The van der Waals surface area contributed by atoms with Crippen LogP contribution >= 0.6 is 34.7 Å². The van der Waals surface area contributed by atoms with Crippen LogP contribution in [0.3, 0.4) is 0 Å². The molecule has 1 unspecified atom stereocenters. The monoisotopic (exact) mass is 342 g/mol. The third-order valence-corrected chi connectivity index (χ3v) is 5.53. The van der Waals surface area contributed by atoms with E-state index < -0.39 is 0 Å². The summed E-state index contributed by atoms with van der Waals surface area (Å²) in [5, 5.41) is 12.8. The van der Waals surface area contributed by atoms with E-state index in [0.717, 1.165) is 28.6 Å². The third kappa shape index (κ3) is 5.60. The Morgan fingerprint density at radius 3 is 2.86 bits per heavy atom. The molecule has 0 bridgehead atoms. The zero-order valence-electron chi connectivity index (χ0n) is 11.9. The predicted molar refractivity (Wildman–Crippen MR) is 90.3 cm³/mol. The highest BCUT2D eigenvalue weighted by Gasteiger charge is 2.11. The Morgan fingerprint density at radius 1 is 1.38 bits per heavy atom. The van der Waals surface area contributed by atoms with Gasteiger partial charge in [0.15, 0.2) is 4.34 Å². The van der Waals surface area contributed by atoms with Gasteiger partial charge in [0.25, 0.3) is 0 Å². The number of nitrogens with zero attached hydrogens (tertiary/aromatic N) is 1. The van der Waals surface area contributed by atoms with Crippen molar-refractivity contribution in [2.24, 2.45) is 0 Å². The summed E-state index contributed by atoms with van der Waals surface area (Å²) in [5.41, 5.74) is 0. The SMILES string of the molecule is CC(CCCO)NCc1sc(Sc2ccccc2)nc1Cl. The van der Waals surface area contributed by atoms with Crippen LogP contribution in [0.25, 0.3) is 0 Å². The van der Waals surface area contributed by atoms with E-state index in [4.69, 9.17) is 16.7 Å². The van der Waals surface area contributed by atoms with Gasteiger partial charge < -0.3 is 10.4 Å². The van der Waals surface area contributed by atoms with Crippen LogP contribution in [-0.4, -0.2) is 22.7 Å². The maximum atomic E-state index is 8.83. The van der Waals surface area contributed by atoms with E-state index in [1.54, 1.807) is 23.1 Å². The molecular weight excluding hydrogens is 324 g/mol. The molecule has 0 aliphatic rings. The van der Waals surface area contributed by atoms with Crippen molar-refractivity contribution in [3.8, 4) is 0 Å².